The first kappa shape index (κ1) is 18.7. The zero-order valence-electron chi connectivity index (χ0n) is 14.3. The van der Waals surface area contributed by atoms with Crippen LogP contribution in [0.4, 0.5) is 5.69 Å². The number of fused-ring (bicyclic) bond motifs is 1. The molecule has 2 unspecified atom stereocenters. The highest BCUT2D eigenvalue weighted by atomic mass is 35.5. The van der Waals surface area contributed by atoms with Gasteiger partial charge in [-0.15, -0.1) is 12.4 Å². The van der Waals surface area contributed by atoms with Crippen LogP contribution in [0.25, 0.3) is 0 Å². The molecular weight excluding hydrogens is 326 g/mol. The van der Waals surface area contributed by atoms with Gasteiger partial charge in [-0.1, -0.05) is 18.2 Å². The van der Waals surface area contributed by atoms with Crippen molar-refractivity contribution in [1.82, 2.24) is 10.2 Å². The predicted octanol–water partition coefficient (Wildman–Crippen LogP) is 1.99. The molecule has 0 radical (unpaired) electrons. The number of amides is 2. The van der Waals surface area contributed by atoms with Crippen LogP contribution in [-0.2, 0) is 16.0 Å². The number of halogens is 1. The first-order chi connectivity index (χ1) is 11.1. The van der Waals surface area contributed by atoms with Gasteiger partial charge >= 0.3 is 0 Å². The summed E-state index contributed by atoms with van der Waals surface area (Å²) in [5.41, 5.74) is 2.17. The van der Waals surface area contributed by atoms with Crippen LogP contribution in [0.3, 0.4) is 0 Å². The Morgan fingerprint density at radius 2 is 2.00 bits per heavy atom. The minimum atomic E-state index is 0. The van der Waals surface area contributed by atoms with Crippen LogP contribution in [0, 0.1) is 0 Å². The van der Waals surface area contributed by atoms with E-state index in [1.807, 2.05) is 23.1 Å². The summed E-state index contributed by atoms with van der Waals surface area (Å²) in [6.45, 7) is 6.24. The van der Waals surface area contributed by atoms with Crippen molar-refractivity contribution in [3.63, 3.8) is 0 Å². The normalized spacial score (nSPS) is 23.5. The van der Waals surface area contributed by atoms with Crippen molar-refractivity contribution >= 4 is 29.9 Å². The number of aryl methyl sites for hydroxylation is 1. The SMILES string of the molecule is CC1NCCN(C(=O)CCN2C(=O)CCc3ccccc32)C1C.Cl. The maximum Gasteiger partial charge on any atom is 0.227 e. The molecule has 132 valence electrons. The molecule has 6 heteroatoms. The Hall–Kier alpha value is -1.59. The van der Waals surface area contributed by atoms with Gasteiger partial charge in [0.15, 0.2) is 0 Å². The average molecular weight is 352 g/mol. The Bertz CT molecular complexity index is 608. The summed E-state index contributed by atoms with van der Waals surface area (Å²) < 4.78 is 0. The molecular formula is C18H26ClN3O2. The molecule has 2 aliphatic rings. The predicted molar refractivity (Wildman–Crippen MR) is 97.6 cm³/mol. The Morgan fingerprint density at radius 3 is 2.79 bits per heavy atom. The van der Waals surface area contributed by atoms with E-state index in [0.29, 0.717) is 25.4 Å². The Kier molecular flexibility index (Phi) is 6.24. The average Bonchev–Trinajstić information content (AvgIpc) is 2.56. The monoisotopic (exact) mass is 351 g/mol. The van der Waals surface area contributed by atoms with Gasteiger partial charge in [0.25, 0.3) is 0 Å². The number of nitrogens with one attached hydrogen (secondary N) is 1. The summed E-state index contributed by atoms with van der Waals surface area (Å²) in [7, 11) is 0. The molecule has 2 atom stereocenters. The first-order valence-corrected chi connectivity index (χ1v) is 8.49. The van der Waals surface area contributed by atoms with Crippen LogP contribution in [0.5, 0.6) is 0 Å². The molecule has 1 aromatic carbocycles. The fraction of sp³-hybridized carbons (Fsp3) is 0.556. The number of hydrogen-bond acceptors (Lipinski definition) is 3. The van der Waals surface area contributed by atoms with Crippen molar-refractivity contribution in [3.05, 3.63) is 29.8 Å². The van der Waals surface area contributed by atoms with Gasteiger partial charge < -0.3 is 15.1 Å². The highest BCUT2D eigenvalue weighted by molar-refractivity contribution is 5.97. The molecule has 1 saturated heterocycles. The number of rotatable bonds is 3. The van der Waals surface area contributed by atoms with Crippen LogP contribution < -0.4 is 10.2 Å². The minimum absolute atomic E-state index is 0. The Morgan fingerprint density at radius 1 is 1.25 bits per heavy atom. The molecule has 2 amide bonds. The fourth-order valence-electron chi connectivity index (χ4n) is 3.50. The highest BCUT2D eigenvalue weighted by Gasteiger charge is 2.29. The summed E-state index contributed by atoms with van der Waals surface area (Å²) in [5.74, 6) is 0.264. The number of anilines is 1. The second kappa shape index (κ2) is 7.99. The Labute approximate surface area is 149 Å². The van der Waals surface area contributed by atoms with Crippen molar-refractivity contribution < 1.29 is 9.59 Å². The maximum absolute atomic E-state index is 12.6. The van der Waals surface area contributed by atoms with Gasteiger partial charge in [0.2, 0.25) is 11.8 Å². The molecule has 1 fully saturated rings. The fourth-order valence-corrected chi connectivity index (χ4v) is 3.50. The third-order valence-corrected chi connectivity index (χ3v) is 5.10. The zero-order chi connectivity index (χ0) is 16.4. The van der Waals surface area contributed by atoms with Gasteiger partial charge in [-0.3, -0.25) is 9.59 Å². The maximum atomic E-state index is 12.6. The van der Waals surface area contributed by atoms with E-state index in [1.165, 1.54) is 5.56 Å². The van der Waals surface area contributed by atoms with Crippen molar-refractivity contribution in [1.29, 1.82) is 0 Å². The van der Waals surface area contributed by atoms with Gasteiger partial charge in [-0.2, -0.15) is 0 Å². The molecule has 0 spiro atoms. The van der Waals surface area contributed by atoms with Gasteiger partial charge in [-0.25, -0.2) is 0 Å². The van der Waals surface area contributed by atoms with Crippen LogP contribution in [0.1, 0.15) is 32.3 Å². The van der Waals surface area contributed by atoms with Gasteiger partial charge in [0.1, 0.15) is 0 Å². The summed E-state index contributed by atoms with van der Waals surface area (Å²) in [4.78, 5) is 28.6. The molecule has 5 nitrogen and oxygen atoms in total. The third-order valence-electron chi connectivity index (χ3n) is 5.10. The number of hydrogen-bond donors (Lipinski definition) is 1. The summed E-state index contributed by atoms with van der Waals surface area (Å²) in [6.07, 6.45) is 1.72. The molecule has 0 aliphatic carbocycles. The van der Waals surface area contributed by atoms with E-state index in [-0.39, 0.29) is 30.3 Å². The molecule has 2 heterocycles. The van der Waals surface area contributed by atoms with Crippen LogP contribution >= 0.6 is 12.4 Å². The molecule has 0 saturated carbocycles. The standard InChI is InChI=1S/C18H25N3O2.ClH/c1-13-14(2)20(12-10-19-13)18(23)9-11-21-16-6-4-3-5-15(16)7-8-17(21)22;/h3-6,13-14,19H,7-12H2,1-2H3;1H. The van der Waals surface area contributed by atoms with Gasteiger partial charge in [0.05, 0.1) is 0 Å². The van der Waals surface area contributed by atoms with E-state index in [9.17, 15) is 9.59 Å². The van der Waals surface area contributed by atoms with E-state index < -0.39 is 0 Å². The number of para-hydroxylation sites is 1. The largest absolute Gasteiger partial charge is 0.337 e. The molecule has 0 aromatic heterocycles. The third kappa shape index (κ3) is 3.73. The summed E-state index contributed by atoms with van der Waals surface area (Å²) in [5, 5.41) is 3.38. The number of carbonyl (C=O) groups excluding carboxylic acids is 2. The van der Waals surface area contributed by atoms with E-state index in [1.54, 1.807) is 4.90 Å². The second-order valence-corrected chi connectivity index (χ2v) is 6.49. The quantitative estimate of drug-likeness (QED) is 0.906. The first-order valence-electron chi connectivity index (χ1n) is 8.49. The zero-order valence-corrected chi connectivity index (χ0v) is 15.1. The van der Waals surface area contributed by atoms with E-state index >= 15 is 0 Å². The minimum Gasteiger partial charge on any atom is -0.337 e. The van der Waals surface area contributed by atoms with Crippen LogP contribution in [-0.4, -0.2) is 48.4 Å². The lowest BCUT2D eigenvalue weighted by molar-refractivity contribution is -0.134. The van der Waals surface area contributed by atoms with Crippen LogP contribution in [0.2, 0.25) is 0 Å². The van der Waals surface area contributed by atoms with Crippen molar-refractivity contribution in [2.24, 2.45) is 0 Å². The van der Waals surface area contributed by atoms with Gasteiger partial charge in [-0.05, 0) is 31.9 Å². The van der Waals surface area contributed by atoms with Crippen molar-refractivity contribution in [3.8, 4) is 0 Å². The molecule has 24 heavy (non-hydrogen) atoms. The molecule has 1 aromatic rings. The van der Waals surface area contributed by atoms with Crippen molar-refractivity contribution in [2.75, 3.05) is 24.5 Å². The number of benzene rings is 1. The van der Waals surface area contributed by atoms with E-state index in [4.69, 9.17) is 0 Å². The number of carbonyl (C=O) groups is 2. The van der Waals surface area contributed by atoms with Crippen molar-refractivity contribution in [2.45, 2.75) is 45.2 Å². The summed E-state index contributed by atoms with van der Waals surface area (Å²) >= 11 is 0. The van der Waals surface area contributed by atoms with E-state index in [2.05, 4.69) is 25.2 Å². The van der Waals surface area contributed by atoms with E-state index in [0.717, 1.165) is 25.2 Å². The van der Waals surface area contributed by atoms with Gasteiger partial charge in [0, 0.05) is 50.2 Å². The number of piperazine rings is 1. The lowest BCUT2D eigenvalue weighted by Gasteiger charge is -2.39. The molecule has 2 aliphatic heterocycles. The topological polar surface area (TPSA) is 52.7 Å². The lowest BCUT2D eigenvalue weighted by atomic mass is 10.0. The second-order valence-electron chi connectivity index (χ2n) is 6.49. The van der Waals surface area contributed by atoms with Crippen LogP contribution in [0.15, 0.2) is 24.3 Å². The highest BCUT2D eigenvalue weighted by Crippen LogP contribution is 2.27. The molecule has 3 rings (SSSR count). The summed E-state index contributed by atoms with van der Waals surface area (Å²) in [6, 6.07) is 8.50. The molecule has 1 N–H and O–H groups in total. The molecule has 0 bridgehead atoms. The Balaban J connectivity index is 0.00000208. The number of nitrogens with zero attached hydrogens (tertiary/aromatic N) is 2. The lowest BCUT2D eigenvalue weighted by Crippen LogP contribution is -2.57. The smallest absolute Gasteiger partial charge is 0.227 e.